The molecule has 102 valence electrons. The van der Waals surface area contributed by atoms with E-state index in [4.69, 9.17) is 10.5 Å². The molecule has 1 heterocycles. The lowest BCUT2D eigenvalue weighted by Gasteiger charge is -2.20. The summed E-state index contributed by atoms with van der Waals surface area (Å²) in [5, 5.41) is 0. The highest BCUT2D eigenvalue weighted by Gasteiger charge is 2.08. The molecular weight excluding hydrogens is 228 g/mol. The first kappa shape index (κ1) is 14.9. The van der Waals surface area contributed by atoms with Gasteiger partial charge in [0.15, 0.2) is 0 Å². The molecule has 0 fully saturated rings. The van der Waals surface area contributed by atoms with Crippen LogP contribution in [0.4, 0.5) is 5.95 Å². The number of nitrogens with zero attached hydrogens (tertiary/aromatic N) is 3. The number of likely N-dealkylation sites (N-methyl/N-ethyl adjacent to an activating group) is 1. The van der Waals surface area contributed by atoms with Crippen LogP contribution in [0.1, 0.15) is 25.8 Å². The summed E-state index contributed by atoms with van der Waals surface area (Å²) in [6.45, 7) is 6.53. The van der Waals surface area contributed by atoms with Crippen molar-refractivity contribution < 1.29 is 4.74 Å². The van der Waals surface area contributed by atoms with E-state index in [-0.39, 0.29) is 6.04 Å². The van der Waals surface area contributed by atoms with Crippen LogP contribution >= 0.6 is 0 Å². The van der Waals surface area contributed by atoms with Gasteiger partial charge in [0.25, 0.3) is 0 Å². The summed E-state index contributed by atoms with van der Waals surface area (Å²) in [5.41, 5.74) is 7.01. The first-order valence-corrected chi connectivity index (χ1v) is 6.51. The molecule has 2 N–H and O–H groups in total. The fraction of sp³-hybridized carbons (Fsp3) is 0.692. The number of rotatable bonds is 8. The summed E-state index contributed by atoms with van der Waals surface area (Å²) >= 11 is 0. The van der Waals surface area contributed by atoms with Crippen molar-refractivity contribution in [1.29, 1.82) is 0 Å². The summed E-state index contributed by atoms with van der Waals surface area (Å²) < 4.78 is 5.07. The number of nitrogens with two attached hydrogens (primary N) is 1. The predicted octanol–water partition coefficient (Wildman–Crippen LogP) is 1.23. The van der Waals surface area contributed by atoms with E-state index in [9.17, 15) is 0 Å². The third-order valence-electron chi connectivity index (χ3n) is 2.94. The lowest BCUT2D eigenvalue weighted by molar-refractivity contribution is 0.205. The van der Waals surface area contributed by atoms with Crippen LogP contribution in [-0.4, -0.2) is 42.8 Å². The molecule has 0 saturated heterocycles. The Bertz CT molecular complexity index is 328. The molecule has 0 bridgehead atoms. The molecule has 1 aromatic heterocycles. The van der Waals surface area contributed by atoms with Gasteiger partial charge in [0.2, 0.25) is 5.95 Å². The van der Waals surface area contributed by atoms with Gasteiger partial charge in [0.1, 0.15) is 0 Å². The van der Waals surface area contributed by atoms with Gasteiger partial charge in [-0.1, -0.05) is 6.92 Å². The minimum absolute atomic E-state index is 0.190. The average molecular weight is 252 g/mol. The maximum atomic E-state index is 5.91. The van der Waals surface area contributed by atoms with Crippen LogP contribution in [0.25, 0.3) is 0 Å². The van der Waals surface area contributed by atoms with Gasteiger partial charge in [-0.05, 0) is 25.3 Å². The second-order valence-corrected chi connectivity index (χ2v) is 4.34. The lowest BCUT2D eigenvalue weighted by Crippen LogP contribution is -2.28. The number of anilines is 1. The molecule has 0 aliphatic carbocycles. The Morgan fingerprint density at radius 2 is 2.00 bits per heavy atom. The Labute approximate surface area is 109 Å². The van der Waals surface area contributed by atoms with Crippen molar-refractivity contribution in [2.24, 2.45) is 5.73 Å². The molecular formula is C13H24N4O. The second kappa shape index (κ2) is 8.00. The molecule has 0 spiro atoms. The average Bonchev–Trinajstić information content (AvgIpc) is 2.41. The molecule has 0 saturated carbocycles. The van der Waals surface area contributed by atoms with E-state index in [0.717, 1.165) is 37.4 Å². The number of aromatic nitrogens is 2. The van der Waals surface area contributed by atoms with E-state index in [1.54, 1.807) is 7.11 Å². The van der Waals surface area contributed by atoms with Crippen molar-refractivity contribution in [3.8, 4) is 0 Å². The summed E-state index contributed by atoms with van der Waals surface area (Å²) in [7, 11) is 1.70. The quantitative estimate of drug-likeness (QED) is 0.754. The third-order valence-corrected chi connectivity index (χ3v) is 2.94. The van der Waals surface area contributed by atoms with Gasteiger partial charge in [-0.15, -0.1) is 0 Å². The molecule has 1 rings (SSSR count). The number of hydrogen-bond acceptors (Lipinski definition) is 5. The van der Waals surface area contributed by atoms with E-state index in [0.29, 0.717) is 6.61 Å². The molecule has 5 heteroatoms. The van der Waals surface area contributed by atoms with Crippen LogP contribution < -0.4 is 10.6 Å². The lowest BCUT2D eigenvalue weighted by atomic mass is 10.1. The monoisotopic (exact) mass is 252 g/mol. The SMILES string of the molecule is CCC(N)Cc1cnc(N(CC)CCOC)nc1. The Morgan fingerprint density at radius 1 is 1.33 bits per heavy atom. The van der Waals surface area contributed by atoms with E-state index in [2.05, 4.69) is 28.7 Å². The molecule has 18 heavy (non-hydrogen) atoms. The fourth-order valence-corrected chi connectivity index (χ4v) is 1.66. The maximum Gasteiger partial charge on any atom is 0.225 e. The molecule has 0 aliphatic rings. The van der Waals surface area contributed by atoms with Crippen LogP contribution in [-0.2, 0) is 11.2 Å². The van der Waals surface area contributed by atoms with Crippen molar-refractivity contribution in [2.45, 2.75) is 32.7 Å². The smallest absolute Gasteiger partial charge is 0.225 e. The fourth-order valence-electron chi connectivity index (χ4n) is 1.66. The molecule has 1 atom stereocenters. The van der Waals surface area contributed by atoms with Crippen molar-refractivity contribution in [3.63, 3.8) is 0 Å². The van der Waals surface area contributed by atoms with Crippen molar-refractivity contribution in [3.05, 3.63) is 18.0 Å². The molecule has 0 aromatic carbocycles. The minimum Gasteiger partial charge on any atom is -0.383 e. The van der Waals surface area contributed by atoms with Gasteiger partial charge in [-0.2, -0.15) is 0 Å². The molecule has 5 nitrogen and oxygen atoms in total. The second-order valence-electron chi connectivity index (χ2n) is 4.34. The Balaban J connectivity index is 2.62. The van der Waals surface area contributed by atoms with Gasteiger partial charge in [-0.3, -0.25) is 0 Å². The summed E-state index contributed by atoms with van der Waals surface area (Å²) in [6.07, 6.45) is 5.54. The molecule has 0 radical (unpaired) electrons. The van der Waals surface area contributed by atoms with Crippen LogP contribution in [0.5, 0.6) is 0 Å². The highest BCUT2D eigenvalue weighted by Crippen LogP contribution is 2.08. The van der Waals surface area contributed by atoms with Crippen LogP contribution in [0, 0.1) is 0 Å². The Hall–Kier alpha value is -1.20. The summed E-state index contributed by atoms with van der Waals surface area (Å²) in [4.78, 5) is 10.9. The van der Waals surface area contributed by atoms with E-state index in [1.165, 1.54) is 0 Å². The van der Waals surface area contributed by atoms with Gasteiger partial charge >= 0.3 is 0 Å². The van der Waals surface area contributed by atoms with Crippen LogP contribution in [0.3, 0.4) is 0 Å². The van der Waals surface area contributed by atoms with Gasteiger partial charge in [-0.25, -0.2) is 9.97 Å². The number of ether oxygens (including phenoxy) is 1. The summed E-state index contributed by atoms with van der Waals surface area (Å²) in [6, 6.07) is 0.190. The van der Waals surface area contributed by atoms with Gasteiger partial charge in [0.05, 0.1) is 6.61 Å². The number of methoxy groups -OCH3 is 1. The molecule has 1 aromatic rings. The summed E-state index contributed by atoms with van der Waals surface area (Å²) in [5.74, 6) is 0.753. The van der Waals surface area contributed by atoms with Crippen molar-refractivity contribution >= 4 is 5.95 Å². The topological polar surface area (TPSA) is 64.3 Å². The zero-order valence-corrected chi connectivity index (χ0v) is 11.6. The van der Waals surface area contributed by atoms with Crippen molar-refractivity contribution in [1.82, 2.24) is 9.97 Å². The highest BCUT2D eigenvalue weighted by molar-refractivity contribution is 5.29. The van der Waals surface area contributed by atoms with Crippen LogP contribution in [0.15, 0.2) is 12.4 Å². The van der Waals surface area contributed by atoms with E-state index in [1.807, 2.05) is 12.4 Å². The van der Waals surface area contributed by atoms with Crippen molar-refractivity contribution in [2.75, 3.05) is 31.7 Å². The minimum atomic E-state index is 0.190. The maximum absolute atomic E-state index is 5.91. The van der Waals surface area contributed by atoms with Gasteiger partial charge in [0, 0.05) is 38.6 Å². The third kappa shape index (κ3) is 4.58. The number of hydrogen-bond donors (Lipinski definition) is 1. The van der Waals surface area contributed by atoms with E-state index >= 15 is 0 Å². The highest BCUT2D eigenvalue weighted by atomic mass is 16.5. The van der Waals surface area contributed by atoms with Gasteiger partial charge < -0.3 is 15.4 Å². The zero-order valence-electron chi connectivity index (χ0n) is 11.6. The molecule has 0 aliphatic heterocycles. The molecule has 0 amide bonds. The standard InChI is InChI=1S/C13H24N4O/c1-4-12(14)8-11-9-15-13(16-10-11)17(5-2)6-7-18-3/h9-10,12H,4-8,14H2,1-3H3. The van der Waals surface area contributed by atoms with Crippen LogP contribution in [0.2, 0.25) is 0 Å². The Kier molecular flexibility index (Phi) is 6.60. The molecule has 1 unspecified atom stereocenters. The Morgan fingerprint density at radius 3 is 2.50 bits per heavy atom. The zero-order chi connectivity index (χ0) is 13.4. The first-order valence-electron chi connectivity index (χ1n) is 6.51. The largest absolute Gasteiger partial charge is 0.383 e. The normalized spacial score (nSPS) is 12.4. The first-order chi connectivity index (χ1) is 8.71. The predicted molar refractivity (Wildman–Crippen MR) is 73.8 cm³/mol. The van der Waals surface area contributed by atoms with E-state index < -0.39 is 0 Å².